The molecule has 0 atom stereocenters. The molecule has 0 amide bonds. The molecule has 0 aliphatic rings. The first kappa shape index (κ1) is 14.1. The number of ether oxygens (including phenoxy) is 1. The molecule has 0 aliphatic heterocycles. The van der Waals surface area contributed by atoms with Crippen LogP contribution in [0, 0.1) is 5.82 Å². The largest absolute Gasteiger partial charge is 0.489 e. The van der Waals surface area contributed by atoms with Gasteiger partial charge in [0.05, 0.1) is 13.2 Å². The average molecular weight is 270 g/mol. The molecule has 0 saturated carbocycles. The Labute approximate surface area is 99.6 Å². The summed E-state index contributed by atoms with van der Waals surface area (Å²) in [5.74, 6) is -1.23. The summed E-state index contributed by atoms with van der Waals surface area (Å²) in [5.41, 5.74) is -4.11. The van der Waals surface area contributed by atoms with Crippen LogP contribution in [0.2, 0.25) is 0 Å². The van der Waals surface area contributed by atoms with E-state index in [2.05, 4.69) is 0 Å². The SMILES string of the molecule is OCc1cccc(F)c1OCCSC(F)(F)F. The zero-order chi connectivity index (χ0) is 12.9. The summed E-state index contributed by atoms with van der Waals surface area (Å²) in [4.78, 5) is 0. The van der Waals surface area contributed by atoms with Gasteiger partial charge in [-0.1, -0.05) is 12.1 Å². The van der Waals surface area contributed by atoms with Gasteiger partial charge in [0, 0.05) is 11.3 Å². The second kappa shape index (κ2) is 6.11. The van der Waals surface area contributed by atoms with Crippen LogP contribution in [0.3, 0.4) is 0 Å². The second-order valence-corrected chi connectivity index (χ2v) is 4.19. The van der Waals surface area contributed by atoms with Crippen LogP contribution in [-0.2, 0) is 6.61 Å². The zero-order valence-corrected chi connectivity index (χ0v) is 9.45. The Morgan fingerprint density at radius 1 is 1.29 bits per heavy atom. The molecule has 0 radical (unpaired) electrons. The number of thioether (sulfide) groups is 1. The lowest BCUT2D eigenvalue weighted by Gasteiger charge is -2.11. The highest BCUT2D eigenvalue weighted by atomic mass is 32.2. The number of aliphatic hydroxyl groups is 1. The first-order valence-corrected chi connectivity index (χ1v) is 5.64. The third kappa shape index (κ3) is 4.82. The highest BCUT2D eigenvalue weighted by Crippen LogP contribution is 2.30. The summed E-state index contributed by atoms with van der Waals surface area (Å²) in [6.45, 7) is -0.711. The highest BCUT2D eigenvalue weighted by molar-refractivity contribution is 8.00. The van der Waals surface area contributed by atoms with Crippen LogP contribution >= 0.6 is 11.8 Å². The molecule has 96 valence electrons. The summed E-state index contributed by atoms with van der Waals surface area (Å²) >= 11 is -0.238. The van der Waals surface area contributed by atoms with Crippen molar-refractivity contribution in [2.75, 3.05) is 12.4 Å². The van der Waals surface area contributed by atoms with Gasteiger partial charge in [-0.15, -0.1) is 0 Å². The van der Waals surface area contributed by atoms with Gasteiger partial charge in [0.25, 0.3) is 0 Å². The quantitative estimate of drug-likeness (QED) is 0.659. The average Bonchev–Trinajstić information content (AvgIpc) is 2.24. The lowest BCUT2D eigenvalue weighted by Crippen LogP contribution is -2.09. The van der Waals surface area contributed by atoms with Gasteiger partial charge in [0.1, 0.15) is 0 Å². The van der Waals surface area contributed by atoms with E-state index < -0.39 is 17.9 Å². The van der Waals surface area contributed by atoms with Crippen molar-refractivity contribution in [2.24, 2.45) is 0 Å². The molecule has 0 heterocycles. The lowest BCUT2D eigenvalue weighted by molar-refractivity contribution is -0.0329. The van der Waals surface area contributed by atoms with Crippen molar-refractivity contribution in [3.05, 3.63) is 29.6 Å². The number of hydrogen-bond donors (Lipinski definition) is 1. The Hall–Kier alpha value is -0.950. The topological polar surface area (TPSA) is 29.5 Å². The maximum atomic E-state index is 13.2. The van der Waals surface area contributed by atoms with Gasteiger partial charge in [0.15, 0.2) is 11.6 Å². The maximum absolute atomic E-state index is 13.2. The molecular weight excluding hydrogens is 260 g/mol. The molecule has 0 saturated heterocycles. The van der Waals surface area contributed by atoms with Crippen molar-refractivity contribution in [1.29, 1.82) is 0 Å². The predicted octanol–water partition coefficient (Wildman–Crippen LogP) is 2.95. The van der Waals surface area contributed by atoms with Gasteiger partial charge < -0.3 is 9.84 Å². The molecule has 1 aromatic rings. The molecule has 2 nitrogen and oxygen atoms in total. The molecule has 1 aromatic carbocycles. The number of aliphatic hydroxyl groups excluding tert-OH is 1. The molecule has 0 aliphatic carbocycles. The Bertz CT molecular complexity index is 368. The van der Waals surface area contributed by atoms with E-state index in [1.54, 1.807) is 0 Å². The normalized spacial score (nSPS) is 11.6. The summed E-state index contributed by atoms with van der Waals surface area (Å²) in [6.07, 6.45) is 0. The number of alkyl halides is 3. The molecule has 0 unspecified atom stereocenters. The minimum atomic E-state index is -4.32. The number of benzene rings is 1. The van der Waals surface area contributed by atoms with Gasteiger partial charge in [-0.25, -0.2) is 4.39 Å². The molecule has 17 heavy (non-hydrogen) atoms. The van der Waals surface area contributed by atoms with E-state index in [4.69, 9.17) is 9.84 Å². The Morgan fingerprint density at radius 2 is 2.00 bits per heavy atom. The van der Waals surface area contributed by atoms with Crippen LogP contribution in [0.25, 0.3) is 0 Å². The Kier molecular flexibility index (Phi) is 5.07. The van der Waals surface area contributed by atoms with Crippen LogP contribution < -0.4 is 4.74 Å². The number of rotatable bonds is 5. The standard InChI is InChI=1S/C10H10F4O2S/c11-8-3-1-2-7(6-15)9(8)16-4-5-17-10(12,13)14/h1-3,15H,4-6H2. The molecular formula is C10H10F4O2S. The molecule has 0 spiro atoms. The second-order valence-electron chi connectivity index (χ2n) is 3.03. The Balaban J connectivity index is 2.52. The molecule has 7 heteroatoms. The van der Waals surface area contributed by atoms with Gasteiger partial charge in [-0.2, -0.15) is 13.2 Å². The summed E-state index contributed by atoms with van der Waals surface area (Å²) in [7, 11) is 0. The predicted molar refractivity (Wildman–Crippen MR) is 56.3 cm³/mol. The maximum Gasteiger partial charge on any atom is 0.441 e. The van der Waals surface area contributed by atoms with E-state index in [9.17, 15) is 17.6 Å². The minimum Gasteiger partial charge on any atom is -0.489 e. The molecule has 1 rings (SSSR count). The van der Waals surface area contributed by atoms with Crippen molar-refractivity contribution in [2.45, 2.75) is 12.1 Å². The van der Waals surface area contributed by atoms with Gasteiger partial charge in [-0.3, -0.25) is 0 Å². The van der Waals surface area contributed by atoms with Gasteiger partial charge >= 0.3 is 5.51 Å². The van der Waals surface area contributed by atoms with Crippen molar-refractivity contribution in [1.82, 2.24) is 0 Å². The van der Waals surface area contributed by atoms with Crippen molar-refractivity contribution in [3.8, 4) is 5.75 Å². The van der Waals surface area contributed by atoms with Gasteiger partial charge in [0.2, 0.25) is 0 Å². The number of hydrogen-bond acceptors (Lipinski definition) is 3. The van der Waals surface area contributed by atoms with Gasteiger partial charge in [-0.05, 0) is 17.8 Å². The molecule has 0 aromatic heterocycles. The van der Waals surface area contributed by atoms with Crippen LogP contribution in [0.5, 0.6) is 5.75 Å². The third-order valence-corrected chi connectivity index (χ3v) is 2.51. The van der Waals surface area contributed by atoms with E-state index in [0.29, 0.717) is 0 Å². The first-order chi connectivity index (χ1) is 7.94. The van der Waals surface area contributed by atoms with Crippen LogP contribution in [0.4, 0.5) is 17.6 Å². The molecule has 1 N–H and O–H groups in total. The van der Waals surface area contributed by atoms with E-state index in [1.807, 2.05) is 0 Å². The zero-order valence-electron chi connectivity index (χ0n) is 8.63. The van der Waals surface area contributed by atoms with E-state index in [-0.39, 0.29) is 35.4 Å². The van der Waals surface area contributed by atoms with E-state index in [0.717, 1.165) is 6.07 Å². The minimum absolute atomic E-state index is 0.197. The summed E-state index contributed by atoms with van der Waals surface area (Å²) < 4.78 is 53.5. The van der Waals surface area contributed by atoms with Crippen LogP contribution in [0.1, 0.15) is 5.56 Å². The molecule has 0 fully saturated rings. The monoisotopic (exact) mass is 270 g/mol. The van der Waals surface area contributed by atoms with E-state index in [1.165, 1.54) is 12.1 Å². The fraction of sp³-hybridized carbons (Fsp3) is 0.400. The Morgan fingerprint density at radius 3 is 2.59 bits per heavy atom. The van der Waals surface area contributed by atoms with Crippen LogP contribution in [0.15, 0.2) is 18.2 Å². The number of para-hydroxylation sites is 1. The van der Waals surface area contributed by atoms with Crippen molar-refractivity contribution < 1.29 is 27.4 Å². The van der Waals surface area contributed by atoms with E-state index >= 15 is 0 Å². The first-order valence-electron chi connectivity index (χ1n) is 4.66. The fourth-order valence-electron chi connectivity index (χ4n) is 1.14. The summed E-state index contributed by atoms with van der Waals surface area (Å²) in [5, 5.41) is 8.90. The summed E-state index contributed by atoms with van der Waals surface area (Å²) in [6, 6.07) is 3.94. The third-order valence-electron chi connectivity index (χ3n) is 1.81. The fourth-order valence-corrected chi connectivity index (χ4v) is 1.54. The van der Waals surface area contributed by atoms with Crippen molar-refractivity contribution >= 4 is 11.8 Å². The van der Waals surface area contributed by atoms with Crippen LogP contribution in [-0.4, -0.2) is 23.0 Å². The lowest BCUT2D eigenvalue weighted by atomic mass is 10.2. The van der Waals surface area contributed by atoms with Crippen molar-refractivity contribution in [3.63, 3.8) is 0 Å². The smallest absolute Gasteiger partial charge is 0.441 e. The molecule has 0 bridgehead atoms. The number of halogens is 4. The highest BCUT2D eigenvalue weighted by Gasteiger charge is 2.27.